The molecule has 0 spiro atoms. The zero-order chi connectivity index (χ0) is 20.9. The van der Waals surface area contributed by atoms with Crippen molar-refractivity contribution in [2.45, 2.75) is 12.0 Å². The number of hydrogen-bond donors (Lipinski definition) is 3. The molecular weight excluding hydrogens is 384 g/mol. The standard InChI is InChI=1S/C23H20N2O5/c26-22(20-14-29-18-8-4-5-9-19(18)30-20)24-17-12-10-16(11-13-17)21(23(27)25-28)15-6-2-1-3-7-15/h1-13,20-21,28H,14H2,(H,24,26)(H,25,27). The number of nitrogens with one attached hydrogen (secondary N) is 2. The summed E-state index contributed by atoms with van der Waals surface area (Å²) in [5.74, 6) is -0.401. The molecule has 0 bridgehead atoms. The number of para-hydroxylation sites is 2. The summed E-state index contributed by atoms with van der Waals surface area (Å²) in [5, 5.41) is 11.9. The molecule has 1 aliphatic heterocycles. The molecule has 0 radical (unpaired) electrons. The zero-order valence-electron chi connectivity index (χ0n) is 15.9. The molecule has 2 unspecified atom stereocenters. The molecule has 7 nitrogen and oxygen atoms in total. The van der Waals surface area contributed by atoms with Crippen LogP contribution in [0.1, 0.15) is 17.0 Å². The van der Waals surface area contributed by atoms with Gasteiger partial charge >= 0.3 is 0 Å². The van der Waals surface area contributed by atoms with Crippen LogP contribution in [-0.2, 0) is 9.59 Å². The largest absolute Gasteiger partial charge is 0.485 e. The molecule has 0 aromatic heterocycles. The summed E-state index contributed by atoms with van der Waals surface area (Å²) in [7, 11) is 0. The van der Waals surface area contributed by atoms with Gasteiger partial charge in [-0.25, -0.2) is 5.48 Å². The van der Waals surface area contributed by atoms with Gasteiger partial charge in [-0.3, -0.25) is 14.8 Å². The maximum absolute atomic E-state index is 12.6. The van der Waals surface area contributed by atoms with Crippen molar-refractivity contribution in [1.82, 2.24) is 5.48 Å². The second-order valence-electron chi connectivity index (χ2n) is 6.80. The molecule has 0 saturated heterocycles. The lowest BCUT2D eigenvalue weighted by Crippen LogP contribution is -2.40. The van der Waals surface area contributed by atoms with Gasteiger partial charge < -0.3 is 14.8 Å². The van der Waals surface area contributed by atoms with Crippen LogP contribution in [0.2, 0.25) is 0 Å². The molecule has 3 aromatic rings. The highest BCUT2D eigenvalue weighted by Crippen LogP contribution is 2.31. The molecule has 0 saturated carbocycles. The Morgan fingerprint density at radius 3 is 2.20 bits per heavy atom. The zero-order valence-corrected chi connectivity index (χ0v) is 15.9. The number of hydrogen-bond acceptors (Lipinski definition) is 5. The Bertz CT molecular complexity index is 1040. The van der Waals surface area contributed by atoms with E-state index < -0.39 is 17.9 Å². The highest BCUT2D eigenvalue weighted by Gasteiger charge is 2.27. The lowest BCUT2D eigenvalue weighted by atomic mass is 9.90. The quantitative estimate of drug-likeness (QED) is 0.449. The van der Waals surface area contributed by atoms with Crippen LogP contribution >= 0.6 is 0 Å². The van der Waals surface area contributed by atoms with Crippen LogP contribution in [-0.4, -0.2) is 29.7 Å². The van der Waals surface area contributed by atoms with Crippen molar-refractivity contribution in [3.05, 3.63) is 90.0 Å². The number of amides is 2. The predicted octanol–water partition coefficient (Wildman–Crippen LogP) is 3.10. The summed E-state index contributed by atoms with van der Waals surface area (Å²) in [5.41, 5.74) is 3.70. The molecule has 0 fully saturated rings. The smallest absolute Gasteiger partial charge is 0.269 e. The molecule has 0 aliphatic carbocycles. The van der Waals surface area contributed by atoms with E-state index in [0.29, 0.717) is 22.7 Å². The number of carbonyl (C=O) groups excluding carboxylic acids is 2. The van der Waals surface area contributed by atoms with Gasteiger partial charge in [0.25, 0.3) is 11.8 Å². The fourth-order valence-electron chi connectivity index (χ4n) is 3.34. The molecule has 152 valence electrons. The first kappa shape index (κ1) is 19.5. The third-order valence-electron chi connectivity index (χ3n) is 4.82. The molecule has 3 aromatic carbocycles. The van der Waals surface area contributed by atoms with Gasteiger partial charge in [0.2, 0.25) is 6.10 Å². The van der Waals surface area contributed by atoms with E-state index in [2.05, 4.69) is 5.32 Å². The Balaban J connectivity index is 1.47. The van der Waals surface area contributed by atoms with Gasteiger partial charge in [-0.05, 0) is 35.4 Å². The molecule has 2 amide bonds. The van der Waals surface area contributed by atoms with Gasteiger partial charge in [0.1, 0.15) is 6.61 Å². The minimum Gasteiger partial charge on any atom is -0.485 e. The van der Waals surface area contributed by atoms with Gasteiger partial charge in [-0.15, -0.1) is 0 Å². The highest BCUT2D eigenvalue weighted by atomic mass is 16.6. The minimum absolute atomic E-state index is 0.119. The van der Waals surface area contributed by atoms with Gasteiger partial charge in [-0.1, -0.05) is 54.6 Å². The molecule has 1 heterocycles. The van der Waals surface area contributed by atoms with Gasteiger partial charge in [-0.2, -0.15) is 0 Å². The van der Waals surface area contributed by atoms with E-state index in [4.69, 9.17) is 14.7 Å². The van der Waals surface area contributed by atoms with Crippen LogP contribution in [0.3, 0.4) is 0 Å². The fourth-order valence-corrected chi connectivity index (χ4v) is 3.34. The van der Waals surface area contributed by atoms with E-state index in [0.717, 1.165) is 5.56 Å². The van der Waals surface area contributed by atoms with Gasteiger partial charge in [0.15, 0.2) is 11.5 Å². The first-order chi connectivity index (χ1) is 14.7. The maximum atomic E-state index is 12.6. The SMILES string of the molecule is O=C(Nc1ccc(C(C(=O)NO)c2ccccc2)cc1)C1COc2ccccc2O1. The van der Waals surface area contributed by atoms with E-state index >= 15 is 0 Å². The van der Waals surface area contributed by atoms with Crippen molar-refractivity contribution in [2.75, 3.05) is 11.9 Å². The summed E-state index contributed by atoms with van der Waals surface area (Å²) >= 11 is 0. The number of benzene rings is 3. The third-order valence-corrected chi connectivity index (χ3v) is 4.82. The molecular formula is C23H20N2O5. The highest BCUT2D eigenvalue weighted by molar-refractivity contribution is 5.95. The first-order valence-electron chi connectivity index (χ1n) is 9.44. The van der Waals surface area contributed by atoms with Gasteiger partial charge in [0, 0.05) is 5.69 Å². The van der Waals surface area contributed by atoms with Crippen molar-refractivity contribution in [1.29, 1.82) is 0 Å². The molecule has 30 heavy (non-hydrogen) atoms. The van der Waals surface area contributed by atoms with Crippen LogP contribution in [0.5, 0.6) is 11.5 Å². The van der Waals surface area contributed by atoms with E-state index in [1.807, 2.05) is 42.5 Å². The molecule has 4 rings (SSSR count). The fraction of sp³-hybridized carbons (Fsp3) is 0.130. The average molecular weight is 404 g/mol. The van der Waals surface area contributed by atoms with Crippen LogP contribution in [0.25, 0.3) is 0 Å². The second kappa shape index (κ2) is 8.67. The van der Waals surface area contributed by atoms with Crippen LogP contribution in [0, 0.1) is 0 Å². The van der Waals surface area contributed by atoms with Crippen LogP contribution in [0.4, 0.5) is 5.69 Å². The Labute approximate surface area is 173 Å². The summed E-state index contributed by atoms with van der Waals surface area (Å²) in [6.07, 6.45) is -0.767. The Kier molecular flexibility index (Phi) is 5.63. The van der Waals surface area contributed by atoms with E-state index in [9.17, 15) is 9.59 Å². The molecule has 1 aliphatic rings. The minimum atomic E-state index is -0.767. The number of ether oxygens (including phenoxy) is 2. The summed E-state index contributed by atoms with van der Waals surface area (Å²) in [6, 6.07) is 23.2. The van der Waals surface area contributed by atoms with Crippen LogP contribution < -0.4 is 20.3 Å². The Morgan fingerprint density at radius 1 is 0.867 bits per heavy atom. The number of hydroxylamine groups is 1. The lowest BCUT2D eigenvalue weighted by Gasteiger charge is -2.25. The Hall–Kier alpha value is -3.84. The summed E-state index contributed by atoms with van der Waals surface area (Å²) in [4.78, 5) is 24.8. The molecule has 3 N–H and O–H groups in total. The molecule has 2 atom stereocenters. The topological polar surface area (TPSA) is 96.9 Å². The first-order valence-corrected chi connectivity index (χ1v) is 9.44. The van der Waals surface area contributed by atoms with E-state index in [-0.39, 0.29) is 12.5 Å². The van der Waals surface area contributed by atoms with Crippen LogP contribution in [0.15, 0.2) is 78.9 Å². The van der Waals surface area contributed by atoms with E-state index in [1.54, 1.807) is 41.9 Å². The average Bonchev–Trinajstić information content (AvgIpc) is 2.80. The van der Waals surface area contributed by atoms with Crippen molar-refractivity contribution in [3.8, 4) is 11.5 Å². The Morgan fingerprint density at radius 2 is 1.50 bits per heavy atom. The van der Waals surface area contributed by atoms with Crippen molar-refractivity contribution in [2.24, 2.45) is 0 Å². The van der Waals surface area contributed by atoms with Crippen molar-refractivity contribution >= 4 is 17.5 Å². The maximum Gasteiger partial charge on any atom is 0.269 e. The predicted molar refractivity (Wildman–Crippen MR) is 110 cm³/mol. The van der Waals surface area contributed by atoms with E-state index in [1.165, 1.54) is 0 Å². The normalized spacial score (nSPS) is 15.7. The summed E-state index contributed by atoms with van der Waals surface area (Å²) in [6.45, 7) is 0.119. The molecule has 7 heteroatoms. The lowest BCUT2D eigenvalue weighted by molar-refractivity contribution is -0.129. The monoisotopic (exact) mass is 404 g/mol. The van der Waals surface area contributed by atoms with Gasteiger partial charge in [0.05, 0.1) is 5.92 Å². The number of fused-ring (bicyclic) bond motifs is 1. The summed E-state index contributed by atoms with van der Waals surface area (Å²) < 4.78 is 11.3. The van der Waals surface area contributed by atoms with Crippen molar-refractivity contribution in [3.63, 3.8) is 0 Å². The number of rotatable bonds is 5. The number of anilines is 1. The third kappa shape index (κ3) is 4.11. The van der Waals surface area contributed by atoms with Crippen molar-refractivity contribution < 1.29 is 24.3 Å². The second-order valence-corrected chi connectivity index (χ2v) is 6.80. The number of carbonyl (C=O) groups is 2.